The van der Waals surface area contributed by atoms with Crippen LogP contribution in [0.5, 0.6) is 0 Å². The fourth-order valence-corrected chi connectivity index (χ4v) is 4.79. The number of hydrogen-bond acceptors (Lipinski definition) is 1. The van der Waals surface area contributed by atoms with Crippen molar-refractivity contribution in [3.05, 3.63) is 42.5 Å². The Labute approximate surface area is 109 Å². The van der Waals surface area contributed by atoms with Crippen LogP contribution in [0.3, 0.4) is 0 Å². The van der Waals surface area contributed by atoms with E-state index in [0.29, 0.717) is 12.0 Å². The first-order chi connectivity index (χ1) is 7.81. The van der Waals surface area contributed by atoms with E-state index in [2.05, 4.69) is 6.58 Å². The molecule has 0 heterocycles. The molecule has 0 saturated heterocycles. The van der Waals surface area contributed by atoms with Crippen molar-refractivity contribution in [1.29, 1.82) is 0 Å². The lowest BCUT2D eigenvalue weighted by Crippen LogP contribution is -2.26. The Balaban J connectivity index is 3.22. The minimum absolute atomic E-state index is 0.274. The van der Waals surface area contributed by atoms with Crippen LogP contribution in [0.15, 0.2) is 42.5 Å². The molecule has 0 bridgehead atoms. The molecule has 1 nitrogen and oxygen atoms in total. The molecule has 0 fully saturated rings. The molecule has 0 N–H and O–H groups in total. The van der Waals surface area contributed by atoms with Gasteiger partial charge >= 0.3 is 0 Å². The molecule has 0 aromatic heterocycles. The predicted molar refractivity (Wildman–Crippen MR) is 78.2 cm³/mol. The second-order valence-corrected chi connectivity index (χ2v) is 9.21. The summed E-state index contributed by atoms with van der Waals surface area (Å²) in [5.74, 6) is 0.368. The number of halogens is 1. The molecule has 1 aromatic carbocycles. The molecule has 1 unspecified atom stereocenters. The van der Waals surface area contributed by atoms with Crippen molar-refractivity contribution in [2.45, 2.75) is 25.9 Å². The highest BCUT2D eigenvalue weighted by atomic mass is 35.5. The zero-order valence-electron chi connectivity index (χ0n) is 10.7. The Morgan fingerprint density at radius 1 is 1.29 bits per heavy atom. The zero-order valence-corrected chi connectivity index (χ0v) is 12.4. The summed E-state index contributed by atoms with van der Waals surface area (Å²) in [5.41, 5.74) is 0.841. The minimum Gasteiger partial charge on any atom is -0.318 e. The minimum atomic E-state index is -2.51. The number of benzene rings is 1. The van der Waals surface area contributed by atoms with Gasteiger partial charge in [-0.05, 0) is 0 Å². The van der Waals surface area contributed by atoms with Crippen molar-refractivity contribution in [2.24, 2.45) is 0 Å². The van der Waals surface area contributed by atoms with Gasteiger partial charge in [-0.2, -0.15) is 0 Å². The van der Waals surface area contributed by atoms with E-state index in [4.69, 9.17) is 11.6 Å². The first-order valence-electron chi connectivity index (χ1n) is 5.68. The van der Waals surface area contributed by atoms with Crippen LogP contribution >= 0.6 is 18.7 Å². The molecule has 1 rings (SSSR count). The average molecular weight is 271 g/mol. The monoisotopic (exact) mass is 270 g/mol. The number of rotatable bonds is 4. The molecule has 94 valence electrons. The third-order valence-electron chi connectivity index (χ3n) is 2.89. The molecule has 0 radical (unpaired) electrons. The second-order valence-electron chi connectivity index (χ2n) is 5.29. The van der Waals surface area contributed by atoms with E-state index in [1.165, 1.54) is 0 Å². The lowest BCUT2D eigenvalue weighted by atomic mass is 10.3. The van der Waals surface area contributed by atoms with Crippen LogP contribution in [0.25, 0.3) is 0 Å². The summed E-state index contributed by atoms with van der Waals surface area (Å²) >= 11 is 5.77. The van der Waals surface area contributed by atoms with Gasteiger partial charge in [-0.3, -0.25) is 0 Å². The molecule has 3 heteroatoms. The maximum Gasteiger partial charge on any atom is 0.124 e. The lowest BCUT2D eigenvalue weighted by Gasteiger charge is -2.32. The molecular formula is C14H20ClOP. The van der Waals surface area contributed by atoms with E-state index < -0.39 is 7.14 Å². The van der Waals surface area contributed by atoms with Crippen molar-refractivity contribution >= 4 is 24.0 Å². The second kappa shape index (κ2) is 5.42. The SMILES string of the molecule is C=C(CCl)CP(=O)(c1ccccc1)C(C)(C)C. The van der Waals surface area contributed by atoms with Crippen LogP contribution in [0.1, 0.15) is 20.8 Å². The van der Waals surface area contributed by atoms with Gasteiger partial charge in [0, 0.05) is 22.5 Å². The van der Waals surface area contributed by atoms with Gasteiger partial charge in [-0.1, -0.05) is 63.3 Å². The molecule has 1 atom stereocenters. The standard InChI is InChI=1S/C14H20ClOP/c1-12(10-15)11-17(16,14(2,3)4)13-8-6-5-7-9-13/h5-9H,1,10-11H2,2-4H3. The number of allylic oxidation sites excluding steroid dienone is 1. The summed E-state index contributed by atoms with van der Waals surface area (Å²) in [7, 11) is -2.51. The van der Waals surface area contributed by atoms with Gasteiger partial charge in [0.05, 0.1) is 0 Å². The summed E-state index contributed by atoms with van der Waals surface area (Å²) in [6.07, 6.45) is 0.490. The third kappa shape index (κ3) is 3.24. The van der Waals surface area contributed by atoms with Crippen molar-refractivity contribution in [1.82, 2.24) is 0 Å². The lowest BCUT2D eigenvalue weighted by molar-refractivity contribution is 0.558. The molecule has 0 aliphatic carbocycles. The molecule has 17 heavy (non-hydrogen) atoms. The Hall–Kier alpha value is -0.520. The van der Waals surface area contributed by atoms with Gasteiger partial charge in [0.25, 0.3) is 0 Å². The molecule has 1 aromatic rings. The summed E-state index contributed by atoms with van der Waals surface area (Å²) in [6, 6.07) is 9.67. The first kappa shape index (κ1) is 14.5. The van der Waals surface area contributed by atoms with Crippen molar-refractivity contribution in [3.8, 4) is 0 Å². The van der Waals surface area contributed by atoms with Gasteiger partial charge in [-0.15, -0.1) is 11.6 Å². The molecular weight excluding hydrogens is 251 g/mol. The summed E-state index contributed by atoms with van der Waals surface area (Å²) in [5, 5.41) is 0.641. The van der Waals surface area contributed by atoms with E-state index >= 15 is 0 Å². The van der Waals surface area contributed by atoms with Gasteiger partial charge in [0.15, 0.2) is 0 Å². The van der Waals surface area contributed by atoms with E-state index in [0.717, 1.165) is 10.9 Å². The number of alkyl halides is 1. The van der Waals surface area contributed by atoms with Gasteiger partial charge in [0.1, 0.15) is 7.14 Å². The van der Waals surface area contributed by atoms with E-state index in [-0.39, 0.29) is 5.16 Å². The van der Waals surface area contributed by atoms with Crippen molar-refractivity contribution in [2.75, 3.05) is 12.0 Å². The molecule has 0 amide bonds. The van der Waals surface area contributed by atoms with Crippen LogP contribution in [0.2, 0.25) is 0 Å². The van der Waals surface area contributed by atoms with E-state index in [1.807, 2.05) is 51.1 Å². The highest BCUT2D eigenvalue weighted by molar-refractivity contribution is 7.73. The Kier molecular flexibility index (Phi) is 4.63. The third-order valence-corrected chi connectivity index (χ3v) is 7.46. The summed E-state index contributed by atoms with van der Waals surface area (Å²) < 4.78 is 13.3. The van der Waals surface area contributed by atoms with Crippen LogP contribution in [0.4, 0.5) is 0 Å². The fourth-order valence-electron chi connectivity index (χ4n) is 1.74. The maximum absolute atomic E-state index is 13.3. The summed E-state index contributed by atoms with van der Waals surface area (Å²) in [4.78, 5) is 0. The van der Waals surface area contributed by atoms with Gasteiger partial charge in [0.2, 0.25) is 0 Å². The molecule has 0 aliphatic heterocycles. The highest BCUT2D eigenvalue weighted by Crippen LogP contribution is 2.57. The Morgan fingerprint density at radius 2 is 1.82 bits per heavy atom. The van der Waals surface area contributed by atoms with E-state index in [9.17, 15) is 4.57 Å². The maximum atomic E-state index is 13.3. The van der Waals surface area contributed by atoms with Crippen LogP contribution in [-0.4, -0.2) is 17.2 Å². The van der Waals surface area contributed by atoms with Gasteiger partial charge in [-0.25, -0.2) is 0 Å². The van der Waals surface area contributed by atoms with Crippen molar-refractivity contribution in [3.63, 3.8) is 0 Å². The van der Waals surface area contributed by atoms with E-state index in [1.54, 1.807) is 0 Å². The summed E-state index contributed by atoms with van der Waals surface area (Å²) in [6.45, 7) is 9.94. The highest BCUT2D eigenvalue weighted by Gasteiger charge is 2.37. The average Bonchev–Trinajstić information content (AvgIpc) is 2.28. The smallest absolute Gasteiger partial charge is 0.124 e. The largest absolute Gasteiger partial charge is 0.318 e. The molecule has 0 spiro atoms. The zero-order chi connectivity index (χ0) is 13.1. The first-order valence-corrected chi connectivity index (χ1v) is 8.11. The molecule has 0 aliphatic rings. The normalized spacial score (nSPS) is 15.3. The van der Waals surface area contributed by atoms with Gasteiger partial charge < -0.3 is 4.57 Å². The quantitative estimate of drug-likeness (QED) is 0.454. The topological polar surface area (TPSA) is 17.1 Å². The molecule has 0 saturated carbocycles. The Bertz CT molecular complexity index is 431. The van der Waals surface area contributed by atoms with Crippen LogP contribution in [0, 0.1) is 0 Å². The fraction of sp³-hybridized carbons (Fsp3) is 0.429. The van der Waals surface area contributed by atoms with Crippen LogP contribution < -0.4 is 5.30 Å². The Morgan fingerprint density at radius 3 is 2.24 bits per heavy atom. The predicted octanol–water partition coefficient (Wildman–Crippen LogP) is 4.27. The van der Waals surface area contributed by atoms with Crippen LogP contribution in [-0.2, 0) is 4.57 Å². The van der Waals surface area contributed by atoms with Crippen molar-refractivity contribution < 1.29 is 4.57 Å². The number of hydrogen-bond donors (Lipinski definition) is 0.